The molecule has 0 aliphatic carbocycles. The lowest BCUT2D eigenvalue weighted by Gasteiger charge is -2.13. The Kier molecular flexibility index (Phi) is 4.77. The Morgan fingerprint density at radius 1 is 1.29 bits per heavy atom. The number of halogens is 4. The van der Waals surface area contributed by atoms with Gasteiger partial charge in [0, 0.05) is 12.7 Å². The largest absolute Gasteiger partial charge is 0.416 e. The molecule has 0 saturated heterocycles. The Bertz CT molecular complexity index is 608. The first-order chi connectivity index (χ1) is 9.91. The van der Waals surface area contributed by atoms with Gasteiger partial charge in [0.2, 0.25) is 0 Å². The average molecular weight is 318 g/mol. The Labute approximate surface area is 125 Å². The van der Waals surface area contributed by atoms with Crippen molar-refractivity contribution in [1.29, 1.82) is 0 Å². The highest BCUT2D eigenvalue weighted by molar-refractivity contribution is 6.33. The van der Waals surface area contributed by atoms with Gasteiger partial charge >= 0.3 is 6.18 Å². The molecule has 0 aliphatic rings. The fourth-order valence-corrected chi connectivity index (χ4v) is 2.13. The molecule has 0 fully saturated rings. The van der Waals surface area contributed by atoms with Crippen LogP contribution >= 0.6 is 11.6 Å². The molecule has 0 unspecified atom stereocenters. The number of hydrogen-bond acceptors (Lipinski definition) is 2. The smallest absolute Gasteiger partial charge is 0.378 e. The molecule has 0 spiro atoms. The van der Waals surface area contributed by atoms with E-state index in [0.717, 1.165) is 30.8 Å². The Morgan fingerprint density at radius 3 is 2.71 bits per heavy atom. The first-order valence-corrected chi connectivity index (χ1v) is 6.91. The lowest BCUT2D eigenvalue weighted by molar-refractivity contribution is -0.137. The summed E-state index contributed by atoms with van der Waals surface area (Å²) in [4.78, 5) is 0. The Hall–Kier alpha value is -1.69. The van der Waals surface area contributed by atoms with Gasteiger partial charge in [-0.3, -0.25) is 4.68 Å². The predicted molar refractivity (Wildman–Crippen MR) is 76.3 cm³/mol. The second-order valence-electron chi connectivity index (χ2n) is 4.59. The van der Waals surface area contributed by atoms with Crippen LogP contribution in [0, 0.1) is 0 Å². The van der Waals surface area contributed by atoms with Crippen molar-refractivity contribution in [3.05, 3.63) is 46.7 Å². The molecule has 0 radical (unpaired) electrons. The summed E-state index contributed by atoms with van der Waals surface area (Å²) in [6.45, 7) is 3.16. The third-order valence-corrected chi connectivity index (χ3v) is 3.32. The summed E-state index contributed by atoms with van der Waals surface area (Å²) >= 11 is 5.94. The lowest BCUT2D eigenvalue weighted by atomic mass is 10.2. The number of hydrogen-bond donors (Lipinski definition) is 1. The molecule has 1 aromatic carbocycles. The van der Waals surface area contributed by atoms with E-state index in [4.69, 9.17) is 11.6 Å². The monoisotopic (exact) mass is 317 g/mol. The molecule has 2 rings (SSSR count). The third-order valence-electron chi connectivity index (χ3n) is 2.99. The molecule has 7 heteroatoms. The SMILES string of the molecule is CCCn1nccc1CNc1cc(C(F)(F)F)ccc1Cl. The van der Waals surface area contributed by atoms with E-state index in [9.17, 15) is 13.2 Å². The number of aryl methyl sites for hydroxylation is 1. The van der Waals surface area contributed by atoms with Gasteiger partial charge in [-0.2, -0.15) is 18.3 Å². The van der Waals surface area contributed by atoms with Gasteiger partial charge in [0.1, 0.15) is 0 Å². The number of rotatable bonds is 5. The molecule has 0 amide bonds. The molecule has 1 N–H and O–H groups in total. The number of nitrogens with one attached hydrogen (secondary N) is 1. The van der Waals surface area contributed by atoms with Gasteiger partial charge in [-0.1, -0.05) is 18.5 Å². The maximum absolute atomic E-state index is 12.7. The van der Waals surface area contributed by atoms with E-state index in [1.54, 1.807) is 6.20 Å². The number of benzene rings is 1. The normalized spacial score (nSPS) is 11.7. The van der Waals surface area contributed by atoms with Crippen molar-refractivity contribution in [3.8, 4) is 0 Å². The minimum atomic E-state index is -4.38. The molecule has 0 aliphatic heterocycles. The highest BCUT2D eigenvalue weighted by Gasteiger charge is 2.30. The number of aromatic nitrogens is 2. The van der Waals surface area contributed by atoms with Crippen molar-refractivity contribution in [2.75, 3.05) is 5.32 Å². The highest BCUT2D eigenvalue weighted by atomic mass is 35.5. The summed E-state index contributed by atoms with van der Waals surface area (Å²) in [6.07, 6.45) is -1.79. The predicted octanol–water partition coefficient (Wildman–Crippen LogP) is 4.58. The van der Waals surface area contributed by atoms with Gasteiger partial charge in [-0.15, -0.1) is 0 Å². The first-order valence-electron chi connectivity index (χ1n) is 6.53. The van der Waals surface area contributed by atoms with Crippen molar-refractivity contribution >= 4 is 17.3 Å². The zero-order valence-electron chi connectivity index (χ0n) is 11.4. The van der Waals surface area contributed by atoms with E-state index < -0.39 is 11.7 Å². The van der Waals surface area contributed by atoms with E-state index in [0.29, 0.717) is 6.54 Å². The summed E-state index contributed by atoms with van der Waals surface area (Å²) in [5.41, 5.74) is 0.428. The summed E-state index contributed by atoms with van der Waals surface area (Å²) < 4.78 is 39.9. The van der Waals surface area contributed by atoms with Crippen molar-refractivity contribution in [1.82, 2.24) is 9.78 Å². The number of anilines is 1. The second-order valence-corrected chi connectivity index (χ2v) is 5.00. The van der Waals surface area contributed by atoms with E-state index in [-0.39, 0.29) is 10.7 Å². The Morgan fingerprint density at radius 2 is 2.05 bits per heavy atom. The van der Waals surface area contributed by atoms with E-state index in [2.05, 4.69) is 10.4 Å². The molecule has 0 bridgehead atoms. The molecule has 114 valence electrons. The van der Waals surface area contributed by atoms with Crippen LogP contribution in [-0.2, 0) is 19.3 Å². The number of alkyl halides is 3. The second kappa shape index (κ2) is 6.39. The van der Waals surface area contributed by atoms with Crippen LogP contribution in [-0.4, -0.2) is 9.78 Å². The van der Waals surface area contributed by atoms with Crippen molar-refractivity contribution in [2.24, 2.45) is 0 Å². The van der Waals surface area contributed by atoms with Gasteiger partial charge in [0.05, 0.1) is 28.5 Å². The zero-order valence-corrected chi connectivity index (χ0v) is 12.2. The molecular formula is C14H15ClF3N3. The molecule has 0 atom stereocenters. The maximum Gasteiger partial charge on any atom is 0.416 e. The summed E-state index contributed by atoms with van der Waals surface area (Å²) in [7, 11) is 0. The Balaban J connectivity index is 2.14. The number of nitrogens with zero attached hydrogens (tertiary/aromatic N) is 2. The van der Waals surface area contributed by atoms with Crippen LogP contribution in [0.1, 0.15) is 24.6 Å². The minimum absolute atomic E-state index is 0.254. The van der Waals surface area contributed by atoms with Crippen LogP contribution in [0.3, 0.4) is 0 Å². The quantitative estimate of drug-likeness (QED) is 0.875. The molecule has 1 aromatic heterocycles. The molecule has 3 nitrogen and oxygen atoms in total. The van der Waals surface area contributed by atoms with Crippen molar-refractivity contribution in [3.63, 3.8) is 0 Å². The van der Waals surface area contributed by atoms with Gasteiger partial charge in [0.25, 0.3) is 0 Å². The maximum atomic E-state index is 12.7. The van der Waals surface area contributed by atoms with E-state index in [1.165, 1.54) is 6.07 Å². The molecule has 2 aromatic rings. The van der Waals surface area contributed by atoms with Crippen LogP contribution in [0.2, 0.25) is 5.02 Å². The lowest BCUT2D eigenvalue weighted by Crippen LogP contribution is -2.10. The molecule has 0 saturated carbocycles. The standard InChI is InChI=1S/C14H15ClF3N3/c1-2-7-21-11(5-6-20-21)9-19-13-8-10(14(16,17)18)3-4-12(13)15/h3-6,8,19H,2,7,9H2,1H3. The molecular weight excluding hydrogens is 303 g/mol. The third kappa shape index (κ3) is 3.91. The van der Waals surface area contributed by atoms with E-state index in [1.807, 2.05) is 17.7 Å². The fraction of sp³-hybridized carbons (Fsp3) is 0.357. The van der Waals surface area contributed by atoms with Gasteiger partial charge in [0.15, 0.2) is 0 Å². The molecule has 21 heavy (non-hydrogen) atoms. The van der Waals surface area contributed by atoms with E-state index >= 15 is 0 Å². The fourth-order valence-electron chi connectivity index (χ4n) is 1.95. The van der Waals surface area contributed by atoms with Gasteiger partial charge in [-0.05, 0) is 30.7 Å². The van der Waals surface area contributed by atoms with Crippen molar-refractivity contribution < 1.29 is 13.2 Å². The van der Waals surface area contributed by atoms with Gasteiger partial charge < -0.3 is 5.32 Å². The first kappa shape index (κ1) is 15.7. The highest BCUT2D eigenvalue weighted by Crippen LogP contribution is 2.33. The van der Waals surface area contributed by atoms with Gasteiger partial charge in [-0.25, -0.2) is 0 Å². The van der Waals surface area contributed by atoms with Crippen LogP contribution < -0.4 is 5.32 Å². The van der Waals surface area contributed by atoms with Crippen molar-refractivity contribution in [2.45, 2.75) is 32.6 Å². The summed E-state index contributed by atoms with van der Waals surface area (Å²) in [5, 5.41) is 7.35. The summed E-state index contributed by atoms with van der Waals surface area (Å²) in [5.74, 6) is 0. The van der Waals surface area contributed by atoms with Crippen LogP contribution in [0.25, 0.3) is 0 Å². The van der Waals surface area contributed by atoms with Crippen LogP contribution in [0.15, 0.2) is 30.5 Å². The molecule has 1 heterocycles. The minimum Gasteiger partial charge on any atom is -0.378 e. The van der Waals surface area contributed by atoms with Crippen LogP contribution in [0.4, 0.5) is 18.9 Å². The summed E-state index contributed by atoms with van der Waals surface area (Å²) in [6, 6.07) is 5.05. The zero-order chi connectivity index (χ0) is 15.5. The topological polar surface area (TPSA) is 29.9 Å². The average Bonchev–Trinajstić information content (AvgIpc) is 2.84. The van der Waals surface area contributed by atoms with Crippen LogP contribution in [0.5, 0.6) is 0 Å².